The third-order valence-electron chi connectivity index (χ3n) is 3.71. The highest BCUT2D eigenvalue weighted by Crippen LogP contribution is 2.18. The summed E-state index contributed by atoms with van der Waals surface area (Å²) in [5.74, 6) is -0.116. The smallest absolute Gasteiger partial charge is 0.242 e. The molecule has 0 saturated carbocycles. The summed E-state index contributed by atoms with van der Waals surface area (Å²) in [4.78, 5) is 16.6. The fourth-order valence-electron chi connectivity index (χ4n) is 2.47. The third-order valence-corrected chi connectivity index (χ3v) is 3.71. The fraction of sp³-hybridized carbons (Fsp3) is 0.500. The van der Waals surface area contributed by atoms with Gasteiger partial charge in [0, 0.05) is 6.54 Å². The second-order valence-corrected chi connectivity index (χ2v) is 5.78. The van der Waals surface area contributed by atoms with Crippen LogP contribution in [0.25, 0.3) is 11.0 Å². The standard InChI is InChI=1S/C16H23N3O2/c1-4-9-16(3,21)10-17-15(20)12(2)19-11-18-13-7-5-6-8-14(13)19/h5-8,11-12,21H,4,9-10H2,1-3H3,(H,17,20). The van der Waals surface area contributed by atoms with Crippen LogP contribution in [0.2, 0.25) is 0 Å². The van der Waals surface area contributed by atoms with E-state index in [1.807, 2.05) is 42.7 Å². The zero-order chi connectivity index (χ0) is 15.5. The monoisotopic (exact) mass is 289 g/mol. The van der Waals surface area contributed by atoms with E-state index < -0.39 is 5.60 Å². The molecule has 2 rings (SSSR count). The first kappa shape index (κ1) is 15.5. The molecule has 2 N–H and O–H groups in total. The highest BCUT2D eigenvalue weighted by atomic mass is 16.3. The van der Waals surface area contributed by atoms with E-state index >= 15 is 0 Å². The van der Waals surface area contributed by atoms with Crippen molar-refractivity contribution in [3.63, 3.8) is 0 Å². The van der Waals surface area contributed by atoms with Gasteiger partial charge in [0.15, 0.2) is 0 Å². The first-order chi connectivity index (χ1) is 9.94. The van der Waals surface area contributed by atoms with Crippen LogP contribution in [0.15, 0.2) is 30.6 Å². The second kappa shape index (κ2) is 6.26. The number of rotatable bonds is 6. The molecule has 0 radical (unpaired) electrons. The van der Waals surface area contributed by atoms with Gasteiger partial charge in [0.25, 0.3) is 0 Å². The summed E-state index contributed by atoms with van der Waals surface area (Å²) in [5.41, 5.74) is 0.941. The lowest BCUT2D eigenvalue weighted by atomic mass is 10.0. The fourth-order valence-corrected chi connectivity index (χ4v) is 2.47. The second-order valence-electron chi connectivity index (χ2n) is 5.78. The average Bonchev–Trinajstić information content (AvgIpc) is 2.88. The molecular formula is C16H23N3O2. The molecule has 114 valence electrons. The number of aliphatic hydroxyl groups is 1. The number of para-hydroxylation sites is 2. The number of benzene rings is 1. The van der Waals surface area contributed by atoms with E-state index in [-0.39, 0.29) is 18.5 Å². The number of nitrogens with zero attached hydrogens (tertiary/aromatic N) is 2. The van der Waals surface area contributed by atoms with E-state index in [4.69, 9.17) is 0 Å². The molecule has 0 saturated heterocycles. The van der Waals surface area contributed by atoms with Crippen molar-refractivity contribution in [2.75, 3.05) is 6.54 Å². The molecule has 2 atom stereocenters. The van der Waals surface area contributed by atoms with Crippen molar-refractivity contribution in [2.45, 2.75) is 45.3 Å². The van der Waals surface area contributed by atoms with Gasteiger partial charge in [-0.2, -0.15) is 0 Å². The Bertz CT molecular complexity index is 619. The van der Waals surface area contributed by atoms with Crippen molar-refractivity contribution in [3.8, 4) is 0 Å². The van der Waals surface area contributed by atoms with Crippen molar-refractivity contribution < 1.29 is 9.90 Å². The molecule has 5 heteroatoms. The molecule has 1 aromatic carbocycles. The van der Waals surface area contributed by atoms with Gasteiger partial charge < -0.3 is 15.0 Å². The van der Waals surface area contributed by atoms with Gasteiger partial charge in [-0.15, -0.1) is 0 Å². The summed E-state index contributed by atoms with van der Waals surface area (Å²) < 4.78 is 1.85. The molecule has 2 unspecified atom stereocenters. The average molecular weight is 289 g/mol. The van der Waals surface area contributed by atoms with Gasteiger partial charge in [0.05, 0.1) is 23.0 Å². The Morgan fingerprint density at radius 1 is 1.48 bits per heavy atom. The molecule has 1 amide bonds. The number of carbonyl (C=O) groups is 1. The van der Waals surface area contributed by atoms with Crippen molar-refractivity contribution in [1.82, 2.24) is 14.9 Å². The Kier molecular flexibility index (Phi) is 4.63. The minimum Gasteiger partial charge on any atom is -0.388 e. The predicted molar refractivity (Wildman–Crippen MR) is 83.0 cm³/mol. The summed E-state index contributed by atoms with van der Waals surface area (Å²) in [6.45, 7) is 5.85. The maximum Gasteiger partial charge on any atom is 0.242 e. The maximum atomic E-state index is 12.3. The first-order valence-corrected chi connectivity index (χ1v) is 7.36. The van der Waals surface area contributed by atoms with Crippen LogP contribution in [0.3, 0.4) is 0 Å². The quantitative estimate of drug-likeness (QED) is 0.857. The highest BCUT2D eigenvalue weighted by molar-refractivity contribution is 5.83. The van der Waals surface area contributed by atoms with Crippen LogP contribution < -0.4 is 5.32 Å². The largest absolute Gasteiger partial charge is 0.388 e. The van der Waals surface area contributed by atoms with Crippen molar-refractivity contribution >= 4 is 16.9 Å². The molecule has 1 aromatic heterocycles. The van der Waals surface area contributed by atoms with Gasteiger partial charge in [0.1, 0.15) is 6.04 Å². The van der Waals surface area contributed by atoms with Gasteiger partial charge in [-0.05, 0) is 32.4 Å². The summed E-state index contributed by atoms with van der Waals surface area (Å²) in [5, 5.41) is 12.9. The van der Waals surface area contributed by atoms with E-state index in [1.54, 1.807) is 13.3 Å². The zero-order valence-electron chi connectivity index (χ0n) is 12.8. The SMILES string of the molecule is CCCC(C)(O)CNC(=O)C(C)n1cnc2ccccc21. The molecule has 2 aromatic rings. The number of nitrogens with one attached hydrogen (secondary N) is 1. The van der Waals surface area contributed by atoms with Crippen LogP contribution in [0.4, 0.5) is 0 Å². The van der Waals surface area contributed by atoms with Crippen LogP contribution in [-0.2, 0) is 4.79 Å². The third kappa shape index (κ3) is 3.61. The van der Waals surface area contributed by atoms with Crippen LogP contribution in [0.5, 0.6) is 0 Å². The number of amides is 1. The molecule has 0 aliphatic heterocycles. The molecule has 0 aliphatic rings. The molecule has 0 spiro atoms. The van der Waals surface area contributed by atoms with Crippen LogP contribution in [0.1, 0.15) is 39.7 Å². The number of imidazole rings is 1. The van der Waals surface area contributed by atoms with Crippen LogP contribution >= 0.6 is 0 Å². The van der Waals surface area contributed by atoms with E-state index in [0.717, 1.165) is 17.5 Å². The number of hydrogen-bond acceptors (Lipinski definition) is 3. The van der Waals surface area contributed by atoms with Gasteiger partial charge >= 0.3 is 0 Å². The lowest BCUT2D eigenvalue weighted by Crippen LogP contribution is -2.42. The molecule has 0 bridgehead atoms. The predicted octanol–water partition coefficient (Wildman–Crippen LogP) is 2.26. The Labute approximate surface area is 125 Å². The zero-order valence-corrected chi connectivity index (χ0v) is 12.8. The number of hydrogen-bond donors (Lipinski definition) is 2. The van der Waals surface area contributed by atoms with E-state index in [2.05, 4.69) is 10.3 Å². The summed E-state index contributed by atoms with van der Waals surface area (Å²) in [7, 11) is 0. The van der Waals surface area contributed by atoms with Crippen LogP contribution in [0, 0.1) is 0 Å². The van der Waals surface area contributed by atoms with Crippen LogP contribution in [-0.4, -0.2) is 32.7 Å². The molecule has 1 heterocycles. The Morgan fingerprint density at radius 3 is 2.90 bits per heavy atom. The summed E-state index contributed by atoms with van der Waals surface area (Å²) in [6.07, 6.45) is 3.22. The Morgan fingerprint density at radius 2 is 2.19 bits per heavy atom. The van der Waals surface area contributed by atoms with Gasteiger partial charge in [-0.3, -0.25) is 4.79 Å². The number of carbonyl (C=O) groups excluding carboxylic acids is 1. The molecule has 0 fully saturated rings. The van der Waals surface area contributed by atoms with Gasteiger partial charge in [0.2, 0.25) is 5.91 Å². The van der Waals surface area contributed by atoms with E-state index in [9.17, 15) is 9.90 Å². The number of fused-ring (bicyclic) bond motifs is 1. The van der Waals surface area contributed by atoms with Gasteiger partial charge in [-0.1, -0.05) is 25.5 Å². The van der Waals surface area contributed by atoms with Crippen molar-refractivity contribution in [3.05, 3.63) is 30.6 Å². The summed E-state index contributed by atoms with van der Waals surface area (Å²) >= 11 is 0. The van der Waals surface area contributed by atoms with Crippen molar-refractivity contribution in [1.29, 1.82) is 0 Å². The van der Waals surface area contributed by atoms with E-state index in [0.29, 0.717) is 6.42 Å². The number of aromatic nitrogens is 2. The normalized spacial score (nSPS) is 15.6. The van der Waals surface area contributed by atoms with E-state index in [1.165, 1.54) is 0 Å². The molecule has 0 aliphatic carbocycles. The first-order valence-electron chi connectivity index (χ1n) is 7.36. The molecule has 21 heavy (non-hydrogen) atoms. The lowest BCUT2D eigenvalue weighted by Gasteiger charge is -2.24. The maximum absolute atomic E-state index is 12.3. The summed E-state index contributed by atoms with van der Waals surface area (Å²) in [6, 6.07) is 7.35. The van der Waals surface area contributed by atoms with Gasteiger partial charge in [-0.25, -0.2) is 4.98 Å². The molecular weight excluding hydrogens is 266 g/mol. The highest BCUT2D eigenvalue weighted by Gasteiger charge is 2.23. The Hall–Kier alpha value is -1.88. The topological polar surface area (TPSA) is 67.2 Å². The Balaban J connectivity index is 2.06. The molecule has 5 nitrogen and oxygen atoms in total. The minimum absolute atomic E-state index is 0.116. The lowest BCUT2D eigenvalue weighted by molar-refractivity contribution is -0.125. The minimum atomic E-state index is -0.860. The van der Waals surface area contributed by atoms with Crippen molar-refractivity contribution in [2.24, 2.45) is 0 Å².